The number of carbonyl (C=O) groups is 1. The molecule has 19 heavy (non-hydrogen) atoms. The van der Waals surface area contributed by atoms with Crippen LogP contribution < -0.4 is 5.73 Å². The van der Waals surface area contributed by atoms with Gasteiger partial charge in [0.25, 0.3) is 0 Å². The van der Waals surface area contributed by atoms with Gasteiger partial charge in [0.1, 0.15) is 11.6 Å². The third kappa shape index (κ3) is 3.07. The molecule has 0 aliphatic carbocycles. The Balaban J connectivity index is 1.99. The van der Waals surface area contributed by atoms with Crippen molar-refractivity contribution in [1.29, 1.82) is 0 Å². The number of benzene rings is 1. The average Bonchev–Trinajstić information content (AvgIpc) is 2.36. The van der Waals surface area contributed by atoms with Crippen molar-refractivity contribution in [3.63, 3.8) is 0 Å². The van der Waals surface area contributed by atoms with E-state index < -0.39 is 11.9 Å². The molecule has 1 aromatic rings. The minimum absolute atomic E-state index is 0.166. The van der Waals surface area contributed by atoms with E-state index in [0.717, 1.165) is 6.07 Å². The highest BCUT2D eigenvalue weighted by molar-refractivity contribution is 5.65. The van der Waals surface area contributed by atoms with Crippen LogP contribution in [0.25, 0.3) is 0 Å². The van der Waals surface area contributed by atoms with E-state index in [9.17, 15) is 14.3 Å². The van der Waals surface area contributed by atoms with Crippen LogP contribution in [0.15, 0.2) is 12.1 Å². The van der Waals surface area contributed by atoms with Crippen molar-refractivity contribution in [2.75, 3.05) is 18.8 Å². The molecule has 1 aliphatic heterocycles. The van der Waals surface area contributed by atoms with Gasteiger partial charge in [-0.1, -0.05) is 0 Å². The van der Waals surface area contributed by atoms with E-state index in [1.54, 1.807) is 0 Å². The molecule has 104 valence electrons. The van der Waals surface area contributed by atoms with Crippen LogP contribution in [0.3, 0.4) is 0 Å². The lowest BCUT2D eigenvalue weighted by Gasteiger charge is -2.30. The van der Waals surface area contributed by atoms with Crippen LogP contribution in [0.2, 0.25) is 0 Å². The van der Waals surface area contributed by atoms with Crippen LogP contribution >= 0.6 is 0 Å². The maximum atomic E-state index is 13.7. The number of rotatable bonds is 2. The quantitative estimate of drug-likeness (QED) is 0.566. The topological polar surface area (TPSA) is 86.8 Å². The van der Waals surface area contributed by atoms with Gasteiger partial charge in [-0.25, -0.2) is 9.18 Å². The number of phenols is 1. The summed E-state index contributed by atoms with van der Waals surface area (Å²) in [6.45, 7) is 0.963. The Labute approximate surface area is 110 Å². The fourth-order valence-electron chi connectivity index (χ4n) is 2.42. The van der Waals surface area contributed by atoms with Gasteiger partial charge in [-0.2, -0.15) is 0 Å². The lowest BCUT2D eigenvalue weighted by atomic mass is 9.90. The maximum absolute atomic E-state index is 13.7. The SMILES string of the molecule is Nc1cc(CC2CCN(C(=O)O)CC2)c(F)cc1O. The summed E-state index contributed by atoms with van der Waals surface area (Å²) in [5.41, 5.74) is 6.20. The summed E-state index contributed by atoms with van der Waals surface area (Å²) in [5, 5.41) is 18.1. The third-order valence-electron chi connectivity index (χ3n) is 3.59. The van der Waals surface area contributed by atoms with Crippen molar-refractivity contribution in [3.8, 4) is 5.75 Å². The number of carboxylic acid groups (broad SMARTS) is 1. The number of amides is 1. The lowest BCUT2D eigenvalue weighted by molar-refractivity contribution is 0.124. The smallest absolute Gasteiger partial charge is 0.407 e. The molecule has 5 nitrogen and oxygen atoms in total. The first-order valence-electron chi connectivity index (χ1n) is 6.22. The Hall–Kier alpha value is -1.98. The number of anilines is 1. The van der Waals surface area contributed by atoms with E-state index in [-0.39, 0.29) is 17.4 Å². The number of hydrogen-bond donors (Lipinski definition) is 3. The highest BCUT2D eigenvalue weighted by Gasteiger charge is 2.23. The zero-order valence-electron chi connectivity index (χ0n) is 10.5. The molecule has 0 unspecified atom stereocenters. The number of aromatic hydroxyl groups is 1. The molecule has 1 saturated heterocycles. The van der Waals surface area contributed by atoms with Gasteiger partial charge in [0, 0.05) is 19.2 Å². The zero-order chi connectivity index (χ0) is 14.0. The van der Waals surface area contributed by atoms with Crippen LogP contribution in [0.1, 0.15) is 18.4 Å². The van der Waals surface area contributed by atoms with Gasteiger partial charge in [-0.15, -0.1) is 0 Å². The van der Waals surface area contributed by atoms with Crippen LogP contribution in [0.4, 0.5) is 14.9 Å². The molecular weight excluding hydrogens is 251 g/mol. The van der Waals surface area contributed by atoms with Gasteiger partial charge in [0.15, 0.2) is 0 Å². The number of likely N-dealkylation sites (tertiary alicyclic amines) is 1. The Morgan fingerprint density at radius 1 is 1.42 bits per heavy atom. The molecule has 1 fully saturated rings. The van der Waals surface area contributed by atoms with E-state index in [1.807, 2.05) is 0 Å². The lowest BCUT2D eigenvalue weighted by Crippen LogP contribution is -2.37. The molecule has 0 aromatic heterocycles. The molecule has 0 atom stereocenters. The van der Waals surface area contributed by atoms with E-state index in [4.69, 9.17) is 10.8 Å². The summed E-state index contributed by atoms with van der Waals surface area (Å²) in [6.07, 6.45) is 1.04. The van der Waals surface area contributed by atoms with Crippen LogP contribution in [-0.2, 0) is 6.42 Å². The first-order chi connectivity index (χ1) is 8.97. The van der Waals surface area contributed by atoms with Crippen LogP contribution in [0.5, 0.6) is 5.75 Å². The normalized spacial score (nSPS) is 16.6. The largest absolute Gasteiger partial charge is 0.506 e. The molecule has 2 rings (SSSR count). The number of nitrogens with zero attached hydrogens (tertiary/aromatic N) is 1. The molecule has 1 aliphatic rings. The highest BCUT2D eigenvalue weighted by atomic mass is 19.1. The van der Waals surface area contributed by atoms with E-state index in [2.05, 4.69) is 0 Å². The van der Waals surface area contributed by atoms with Crippen molar-refractivity contribution in [3.05, 3.63) is 23.5 Å². The first kappa shape index (κ1) is 13.5. The molecule has 1 aromatic carbocycles. The zero-order valence-corrected chi connectivity index (χ0v) is 10.5. The fourth-order valence-corrected chi connectivity index (χ4v) is 2.42. The number of piperidine rings is 1. The Morgan fingerprint density at radius 2 is 2.05 bits per heavy atom. The summed E-state index contributed by atoms with van der Waals surface area (Å²) in [4.78, 5) is 12.2. The van der Waals surface area contributed by atoms with Gasteiger partial charge in [0.2, 0.25) is 0 Å². The summed E-state index contributed by atoms with van der Waals surface area (Å²) in [7, 11) is 0. The van der Waals surface area contributed by atoms with Crippen LogP contribution in [-0.4, -0.2) is 34.3 Å². The van der Waals surface area contributed by atoms with Crippen LogP contribution in [0, 0.1) is 11.7 Å². The van der Waals surface area contributed by atoms with E-state index >= 15 is 0 Å². The molecule has 4 N–H and O–H groups in total. The fraction of sp³-hybridized carbons (Fsp3) is 0.462. The Bertz CT molecular complexity index is 485. The number of halogens is 1. The van der Waals surface area contributed by atoms with Crippen molar-refractivity contribution < 1.29 is 19.4 Å². The number of nitrogens with two attached hydrogens (primary N) is 1. The standard InChI is InChI=1S/C13H17FN2O3/c14-10-7-12(17)11(15)6-9(10)5-8-1-3-16(4-2-8)13(18)19/h6-8,17H,1-5,15H2,(H,18,19). The minimum atomic E-state index is -0.904. The third-order valence-corrected chi connectivity index (χ3v) is 3.59. The molecule has 0 spiro atoms. The van der Waals surface area contributed by atoms with Gasteiger partial charge in [0.05, 0.1) is 5.69 Å². The molecule has 1 amide bonds. The highest BCUT2D eigenvalue weighted by Crippen LogP contribution is 2.28. The number of nitrogen functional groups attached to an aromatic ring is 1. The van der Waals surface area contributed by atoms with Crippen molar-refractivity contribution >= 4 is 11.8 Å². The summed E-state index contributed by atoms with van der Waals surface area (Å²) < 4.78 is 13.7. The van der Waals surface area contributed by atoms with Gasteiger partial charge >= 0.3 is 6.09 Å². The Kier molecular flexibility index (Phi) is 3.78. The molecule has 1 heterocycles. The molecule has 0 bridgehead atoms. The number of phenolic OH excluding ortho intramolecular Hbond substituents is 1. The van der Waals surface area contributed by atoms with E-state index in [1.165, 1.54) is 11.0 Å². The summed E-state index contributed by atoms with van der Waals surface area (Å²) >= 11 is 0. The van der Waals surface area contributed by atoms with Crippen molar-refractivity contribution in [2.45, 2.75) is 19.3 Å². The monoisotopic (exact) mass is 268 g/mol. The van der Waals surface area contributed by atoms with Crippen molar-refractivity contribution in [2.24, 2.45) is 5.92 Å². The molecule has 0 saturated carbocycles. The minimum Gasteiger partial charge on any atom is -0.506 e. The van der Waals surface area contributed by atoms with Gasteiger partial charge in [-0.05, 0) is 36.8 Å². The average molecular weight is 268 g/mol. The number of hydrogen-bond acceptors (Lipinski definition) is 3. The molecule has 6 heteroatoms. The second kappa shape index (κ2) is 5.34. The second-order valence-electron chi connectivity index (χ2n) is 4.92. The molecular formula is C13H17FN2O3. The van der Waals surface area contributed by atoms with Gasteiger partial charge in [-0.3, -0.25) is 0 Å². The molecule has 0 radical (unpaired) electrons. The Morgan fingerprint density at radius 3 is 2.63 bits per heavy atom. The summed E-state index contributed by atoms with van der Waals surface area (Å²) in [5.74, 6) is -0.469. The van der Waals surface area contributed by atoms with E-state index in [0.29, 0.717) is 37.9 Å². The summed E-state index contributed by atoms with van der Waals surface area (Å²) in [6, 6.07) is 2.48. The van der Waals surface area contributed by atoms with Gasteiger partial charge < -0.3 is 20.8 Å². The maximum Gasteiger partial charge on any atom is 0.407 e. The second-order valence-corrected chi connectivity index (χ2v) is 4.92. The van der Waals surface area contributed by atoms with Crippen molar-refractivity contribution in [1.82, 2.24) is 4.90 Å². The first-order valence-corrected chi connectivity index (χ1v) is 6.22. The predicted molar refractivity (Wildman–Crippen MR) is 68.5 cm³/mol. The predicted octanol–water partition coefficient (Wildman–Crippen LogP) is 2.05.